The Morgan fingerprint density at radius 1 is 1.33 bits per heavy atom. The van der Waals surface area contributed by atoms with Gasteiger partial charge in [0.2, 0.25) is 0 Å². The summed E-state index contributed by atoms with van der Waals surface area (Å²) >= 11 is 3.55. The molecule has 1 unspecified atom stereocenters. The van der Waals surface area contributed by atoms with Crippen LogP contribution < -0.4 is 5.73 Å². The van der Waals surface area contributed by atoms with E-state index in [4.69, 9.17) is 15.2 Å². The van der Waals surface area contributed by atoms with Gasteiger partial charge in [0.05, 0.1) is 12.7 Å². The number of ether oxygens (including phenoxy) is 2. The van der Waals surface area contributed by atoms with Gasteiger partial charge in [-0.3, -0.25) is 0 Å². The van der Waals surface area contributed by atoms with Crippen molar-refractivity contribution in [3.63, 3.8) is 0 Å². The molecule has 1 aliphatic heterocycles. The lowest BCUT2D eigenvalue weighted by Gasteiger charge is -2.25. The van der Waals surface area contributed by atoms with Crippen LogP contribution in [0.15, 0.2) is 28.7 Å². The highest BCUT2D eigenvalue weighted by atomic mass is 79.9. The van der Waals surface area contributed by atoms with Crippen molar-refractivity contribution in [3.8, 4) is 0 Å². The highest BCUT2D eigenvalue weighted by Crippen LogP contribution is 2.26. The van der Waals surface area contributed by atoms with Crippen LogP contribution in [-0.2, 0) is 9.47 Å². The molecule has 3 nitrogen and oxygen atoms in total. The summed E-state index contributed by atoms with van der Waals surface area (Å²) < 4.78 is 12.4. The van der Waals surface area contributed by atoms with Crippen molar-refractivity contribution >= 4 is 15.9 Å². The maximum Gasteiger partial charge on any atom is 0.0958 e. The summed E-state index contributed by atoms with van der Waals surface area (Å²) in [5, 5.41) is 0. The molecule has 0 amide bonds. The maximum absolute atomic E-state index is 5.99. The fraction of sp³-hybridized carbons (Fsp3) is 0.571. The normalized spacial score (nSPS) is 18.8. The minimum atomic E-state index is -0.0246. The van der Waals surface area contributed by atoms with Crippen LogP contribution in [-0.4, -0.2) is 26.4 Å². The van der Waals surface area contributed by atoms with Gasteiger partial charge in [-0.05, 0) is 30.4 Å². The van der Waals surface area contributed by atoms with Gasteiger partial charge in [-0.2, -0.15) is 0 Å². The fourth-order valence-corrected chi connectivity index (χ4v) is 2.73. The van der Waals surface area contributed by atoms with E-state index in [1.54, 1.807) is 0 Å². The van der Waals surface area contributed by atoms with E-state index in [1.165, 1.54) is 0 Å². The maximum atomic E-state index is 5.99. The molecule has 0 radical (unpaired) electrons. The molecule has 1 heterocycles. The first-order valence-corrected chi connectivity index (χ1v) is 7.24. The summed E-state index contributed by atoms with van der Waals surface area (Å²) in [4.78, 5) is 0. The lowest BCUT2D eigenvalue weighted by Crippen LogP contribution is -2.24. The monoisotopic (exact) mass is 313 g/mol. The first-order chi connectivity index (χ1) is 8.81. The third kappa shape index (κ3) is 3.79. The van der Waals surface area contributed by atoms with Crippen molar-refractivity contribution in [1.29, 1.82) is 0 Å². The lowest BCUT2D eigenvalue weighted by molar-refractivity contribution is -0.00894. The van der Waals surface area contributed by atoms with Gasteiger partial charge in [0, 0.05) is 24.2 Å². The Morgan fingerprint density at radius 2 is 2.06 bits per heavy atom. The van der Waals surface area contributed by atoms with Crippen LogP contribution in [0.25, 0.3) is 0 Å². The van der Waals surface area contributed by atoms with E-state index in [0.29, 0.717) is 12.5 Å². The van der Waals surface area contributed by atoms with Crippen molar-refractivity contribution in [2.45, 2.75) is 18.9 Å². The molecule has 0 spiro atoms. The zero-order valence-electron chi connectivity index (χ0n) is 10.5. The molecule has 0 aliphatic carbocycles. The highest BCUT2D eigenvalue weighted by molar-refractivity contribution is 9.10. The van der Waals surface area contributed by atoms with Crippen LogP contribution in [0.5, 0.6) is 0 Å². The number of nitrogens with two attached hydrogens (primary N) is 1. The van der Waals surface area contributed by atoms with E-state index in [2.05, 4.69) is 22.0 Å². The third-order valence-electron chi connectivity index (χ3n) is 3.34. The molecule has 1 aromatic carbocycles. The molecule has 0 aromatic heterocycles. The number of benzene rings is 1. The van der Waals surface area contributed by atoms with Gasteiger partial charge in [0.25, 0.3) is 0 Å². The summed E-state index contributed by atoms with van der Waals surface area (Å²) in [6.45, 7) is 2.99. The zero-order chi connectivity index (χ0) is 12.8. The molecule has 0 saturated carbocycles. The molecule has 2 rings (SSSR count). The summed E-state index contributed by atoms with van der Waals surface area (Å²) in [7, 11) is 0. The second kappa shape index (κ2) is 7.24. The van der Waals surface area contributed by atoms with E-state index >= 15 is 0 Å². The summed E-state index contributed by atoms with van der Waals surface area (Å²) in [5.41, 5.74) is 6.95. The standard InChI is InChI=1S/C14H20BrNO2/c15-13-4-2-1-3-12(13)14(9-16)18-10-11-5-7-17-8-6-11/h1-4,11,14H,5-10,16H2. The van der Waals surface area contributed by atoms with Crippen LogP contribution in [0.3, 0.4) is 0 Å². The first-order valence-electron chi connectivity index (χ1n) is 6.45. The lowest BCUT2D eigenvalue weighted by atomic mass is 10.0. The molecule has 2 N–H and O–H groups in total. The number of rotatable bonds is 5. The Labute approximate surface area is 117 Å². The second-order valence-electron chi connectivity index (χ2n) is 4.63. The number of halogens is 1. The van der Waals surface area contributed by atoms with Gasteiger partial charge in [0.15, 0.2) is 0 Å². The Kier molecular flexibility index (Phi) is 5.63. The van der Waals surface area contributed by atoms with Gasteiger partial charge in [-0.15, -0.1) is 0 Å². The van der Waals surface area contributed by atoms with Crippen molar-refractivity contribution in [1.82, 2.24) is 0 Å². The quantitative estimate of drug-likeness (QED) is 0.909. The summed E-state index contributed by atoms with van der Waals surface area (Å²) in [6.07, 6.45) is 2.16. The molecule has 1 atom stereocenters. The molecule has 0 bridgehead atoms. The average molecular weight is 314 g/mol. The van der Waals surface area contributed by atoms with E-state index < -0.39 is 0 Å². The molecule has 1 fully saturated rings. The van der Waals surface area contributed by atoms with Crippen molar-refractivity contribution < 1.29 is 9.47 Å². The zero-order valence-corrected chi connectivity index (χ0v) is 12.1. The molecule has 1 saturated heterocycles. The van der Waals surface area contributed by atoms with Crippen molar-refractivity contribution in [3.05, 3.63) is 34.3 Å². The molecular formula is C14H20BrNO2. The minimum absolute atomic E-state index is 0.0246. The summed E-state index contributed by atoms with van der Waals surface area (Å²) in [5.74, 6) is 0.607. The predicted molar refractivity (Wildman–Crippen MR) is 75.4 cm³/mol. The molecule has 1 aliphatic rings. The van der Waals surface area contributed by atoms with Crippen LogP contribution in [0, 0.1) is 5.92 Å². The molecule has 18 heavy (non-hydrogen) atoms. The van der Waals surface area contributed by atoms with Gasteiger partial charge >= 0.3 is 0 Å². The largest absolute Gasteiger partial charge is 0.381 e. The van der Waals surface area contributed by atoms with E-state index in [9.17, 15) is 0 Å². The Hall–Kier alpha value is -0.420. The minimum Gasteiger partial charge on any atom is -0.381 e. The van der Waals surface area contributed by atoms with Crippen LogP contribution in [0.2, 0.25) is 0 Å². The number of hydrogen-bond donors (Lipinski definition) is 1. The van der Waals surface area contributed by atoms with E-state index in [1.807, 2.05) is 18.2 Å². The van der Waals surface area contributed by atoms with Crippen molar-refractivity contribution in [2.75, 3.05) is 26.4 Å². The smallest absolute Gasteiger partial charge is 0.0958 e. The molecule has 100 valence electrons. The van der Waals surface area contributed by atoms with Gasteiger partial charge in [-0.1, -0.05) is 34.1 Å². The SMILES string of the molecule is NCC(OCC1CCOCC1)c1ccccc1Br. The summed E-state index contributed by atoms with van der Waals surface area (Å²) in [6, 6.07) is 8.10. The van der Waals surface area contributed by atoms with E-state index in [0.717, 1.165) is 42.7 Å². The first kappa shape index (κ1) is 14.0. The Bertz CT molecular complexity index is 367. The van der Waals surface area contributed by atoms with Crippen LogP contribution in [0.4, 0.5) is 0 Å². The van der Waals surface area contributed by atoms with E-state index in [-0.39, 0.29) is 6.10 Å². The Morgan fingerprint density at radius 3 is 2.72 bits per heavy atom. The second-order valence-corrected chi connectivity index (χ2v) is 5.49. The van der Waals surface area contributed by atoms with Crippen LogP contribution >= 0.6 is 15.9 Å². The van der Waals surface area contributed by atoms with Crippen LogP contribution in [0.1, 0.15) is 24.5 Å². The average Bonchev–Trinajstić information content (AvgIpc) is 2.42. The highest BCUT2D eigenvalue weighted by Gasteiger charge is 2.18. The fourth-order valence-electron chi connectivity index (χ4n) is 2.19. The molecular weight excluding hydrogens is 294 g/mol. The third-order valence-corrected chi connectivity index (χ3v) is 4.06. The Balaban J connectivity index is 1.91. The van der Waals surface area contributed by atoms with Crippen molar-refractivity contribution in [2.24, 2.45) is 11.7 Å². The predicted octanol–water partition coefficient (Wildman–Crippen LogP) is 2.89. The molecule has 1 aromatic rings. The topological polar surface area (TPSA) is 44.5 Å². The number of hydrogen-bond acceptors (Lipinski definition) is 3. The molecule has 4 heteroatoms. The van der Waals surface area contributed by atoms with Gasteiger partial charge in [0.1, 0.15) is 0 Å². The van der Waals surface area contributed by atoms with Gasteiger partial charge in [-0.25, -0.2) is 0 Å². The van der Waals surface area contributed by atoms with Gasteiger partial charge < -0.3 is 15.2 Å².